The monoisotopic (exact) mass is 265 g/mol. The van der Waals surface area contributed by atoms with Crippen LogP contribution in [0.25, 0.3) is 0 Å². The van der Waals surface area contributed by atoms with Gasteiger partial charge < -0.3 is 14.8 Å². The van der Waals surface area contributed by atoms with Gasteiger partial charge >= 0.3 is 0 Å². The van der Waals surface area contributed by atoms with Gasteiger partial charge in [0.1, 0.15) is 13.2 Å². The minimum atomic E-state index is 0.446. The first-order valence-electron chi connectivity index (χ1n) is 7.57. The Labute approximate surface area is 117 Å². The zero-order chi connectivity index (χ0) is 14.1. The summed E-state index contributed by atoms with van der Waals surface area (Å²) in [6, 6.07) is 6.60. The second-order valence-corrected chi connectivity index (χ2v) is 4.02. The smallest absolute Gasteiger partial charge is 0.166 e. The molecule has 0 aliphatic carbocycles. The zero-order valence-electron chi connectivity index (χ0n) is 12.7. The highest BCUT2D eigenvalue weighted by atomic mass is 16.6. The molecule has 1 saturated heterocycles. The second-order valence-electron chi connectivity index (χ2n) is 4.02. The van der Waals surface area contributed by atoms with Crippen molar-refractivity contribution in [2.24, 2.45) is 0 Å². The summed E-state index contributed by atoms with van der Waals surface area (Å²) in [4.78, 5) is 0. The Hall–Kier alpha value is -1.22. The van der Waals surface area contributed by atoms with Gasteiger partial charge in [0.25, 0.3) is 0 Å². The van der Waals surface area contributed by atoms with Crippen molar-refractivity contribution in [2.45, 2.75) is 46.6 Å². The molecule has 0 spiro atoms. The second kappa shape index (κ2) is 8.81. The lowest BCUT2D eigenvalue weighted by molar-refractivity contribution is 0.169. The van der Waals surface area contributed by atoms with E-state index in [9.17, 15) is 0 Å². The van der Waals surface area contributed by atoms with Crippen LogP contribution in [0.15, 0.2) is 18.2 Å². The molecule has 3 nitrogen and oxygen atoms in total. The molecule has 19 heavy (non-hydrogen) atoms. The molecule has 0 amide bonds. The lowest BCUT2D eigenvalue weighted by atomic mass is 10.0. The number of para-hydroxylation sites is 1. The van der Waals surface area contributed by atoms with Crippen molar-refractivity contribution >= 4 is 0 Å². The Morgan fingerprint density at radius 2 is 1.79 bits per heavy atom. The van der Waals surface area contributed by atoms with Gasteiger partial charge in [0.15, 0.2) is 11.5 Å². The summed E-state index contributed by atoms with van der Waals surface area (Å²) in [5, 5.41) is 3.49. The first-order valence-corrected chi connectivity index (χ1v) is 7.57. The lowest BCUT2D eigenvalue weighted by Gasteiger charge is -2.23. The largest absolute Gasteiger partial charge is 0.486 e. The van der Waals surface area contributed by atoms with Gasteiger partial charge in [-0.1, -0.05) is 39.8 Å². The highest BCUT2D eigenvalue weighted by molar-refractivity contribution is 5.49. The van der Waals surface area contributed by atoms with E-state index in [2.05, 4.69) is 11.4 Å². The summed E-state index contributed by atoms with van der Waals surface area (Å²) in [6.07, 6.45) is 2.44. The Kier molecular flexibility index (Phi) is 7.34. The van der Waals surface area contributed by atoms with Crippen LogP contribution in [0.4, 0.5) is 0 Å². The molecule has 108 valence electrons. The number of benzene rings is 1. The van der Waals surface area contributed by atoms with Crippen LogP contribution in [-0.4, -0.2) is 19.8 Å². The maximum absolute atomic E-state index is 5.70. The van der Waals surface area contributed by atoms with E-state index >= 15 is 0 Å². The van der Waals surface area contributed by atoms with E-state index in [0.717, 1.165) is 18.0 Å². The molecule has 1 unspecified atom stereocenters. The fourth-order valence-electron chi connectivity index (χ4n) is 2.32. The Morgan fingerprint density at radius 3 is 2.47 bits per heavy atom. The molecular formula is C16H27NO2. The van der Waals surface area contributed by atoms with Gasteiger partial charge in [-0.3, -0.25) is 0 Å². The van der Waals surface area contributed by atoms with Crippen molar-refractivity contribution in [1.29, 1.82) is 0 Å². The molecule has 1 fully saturated rings. The number of hydrogen-bond donors (Lipinski definition) is 1. The molecule has 1 aromatic carbocycles. The van der Waals surface area contributed by atoms with Crippen LogP contribution >= 0.6 is 0 Å². The van der Waals surface area contributed by atoms with E-state index in [4.69, 9.17) is 9.47 Å². The summed E-state index contributed by atoms with van der Waals surface area (Å²) in [7, 11) is 0. The first-order chi connectivity index (χ1) is 9.45. The SMILES string of the molecule is CC.CC.c1cc2c(c(C3CCCN3)c1)OCCO2. The van der Waals surface area contributed by atoms with Gasteiger partial charge in [-0.2, -0.15) is 0 Å². The maximum Gasteiger partial charge on any atom is 0.166 e. The molecule has 0 saturated carbocycles. The van der Waals surface area contributed by atoms with Gasteiger partial charge in [-0.15, -0.1) is 0 Å². The van der Waals surface area contributed by atoms with Crippen LogP contribution < -0.4 is 14.8 Å². The summed E-state index contributed by atoms with van der Waals surface area (Å²) in [5.74, 6) is 1.84. The van der Waals surface area contributed by atoms with Crippen molar-refractivity contribution in [3.05, 3.63) is 23.8 Å². The molecule has 3 rings (SSSR count). The Morgan fingerprint density at radius 1 is 1.05 bits per heavy atom. The number of rotatable bonds is 1. The average molecular weight is 265 g/mol. The normalized spacial score (nSPS) is 19.7. The quantitative estimate of drug-likeness (QED) is 0.834. The molecule has 2 heterocycles. The third kappa shape index (κ3) is 3.87. The first kappa shape index (κ1) is 15.8. The minimum absolute atomic E-state index is 0.446. The molecular weight excluding hydrogens is 238 g/mol. The number of hydrogen-bond acceptors (Lipinski definition) is 3. The van der Waals surface area contributed by atoms with Gasteiger partial charge in [0.05, 0.1) is 0 Å². The Balaban J connectivity index is 0.000000415. The van der Waals surface area contributed by atoms with Crippen LogP contribution in [0.1, 0.15) is 52.1 Å². The molecule has 1 atom stereocenters. The van der Waals surface area contributed by atoms with Gasteiger partial charge in [0, 0.05) is 11.6 Å². The van der Waals surface area contributed by atoms with E-state index in [1.54, 1.807) is 0 Å². The van der Waals surface area contributed by atoms with Crippen molar-refractivity contribution < 1.29 is 9.47 Å². The van der Waals surface area contributed by atoms with Gasteiger partial charge in [-0.05, 0) is 25.5 Å². The molecule has 2 aliphatic heterocycles. The van der Waals surface area contributed by atoms with E-state index in [1.165, 1.54) is 18.4 Å². The molecule has 0 aromatic heterocycles. The van der Waals surface area contributed by atoms with E-state index in [1.807, 2.05) is 39.8 Å². The fourth-order valence-corrected chi connectivity index (χ4v) is 2.32. The zero-order valence-corrected chi connectivity index (χ0v) is 12.7. The number of fused-ring (bicyclic) bond motifs is 1. The predicted octanol–water partition coefficient (Wildman–Crippen LogP) is 3.93. The van der Waals surface area contributed by atoms with Crippen LogP contribution in [0, 0.1) is 0 Å². The third-order valence-electron chi connectivity index (χ3n) is 3.03. The molecule has 1 N–H and O–H groups in total. The van der Waals surface area contributed by atoms with Crippen molar-refractivity contribution in [2.75, 3.05) is 19.8 Å². The minimum Gasteiger partial charge on any atom is -0.486 e. The number of ether oxygens (including phenoxy) is 2. The fraction of sp³-hybridized carbons (Fsp3) is 0.625. The highest BCUT2D eigenvalue weighted by Gasteiger charge is 2.23. The van der Waals surface area contributed by atoms with Gasteiger partial charge in [0.2, 0.25) is 0 Å². The van der Waals surface area contributed by atoms with Crippen LogP contribution in [-0.2, 0) is 0 Å². The van der Waals surface area contributed by atoms with Crippen LogP contribution in [0.2, 0.25) is 0 Å². The van der Waals surface area contributed by atoms with E-state index in [0.29, 0.717) is 19.3 Å². The summed E-state index contributed by atoms with van der Waals surface area (Å²) >= 11 is 0. The van der Waals surface area contributed by atoms with Crippen molar-refractivity contribution in [1.82, 2.24) is 5.32 Å². The van der Waals surface area contributed by atoms with Crippen molar-refractivity contribution in [3.8, 4) is 11.5 Å². The van der Waals surface area contributed by atoms with Crippen LogP contribution in [0.3, 0.4) is 0 Å². The van der Waals surface area contributed by atoms with Crippen LogP contribution in [0.5, 0.6) is 11.5 Å². The summed E-state index contributed by atoms with van der Waals surface area (Å²) < 4.78 is 11.3. The van der Waals surface area contributed by atoms with Crippen molar-refractivity contribution in [3.63, 3.8) is 0 Å². The number of nitrogens with one attached hydrogen (secondary N) is 1. The standard InChI is InChI=1S/C12H15NO2.2C2H6/c1-3-9(10-4-2-6-13-10)12-11(5-1)14-7-8-15-12;2*1-2/h1,3,5,10,13H,2,4,6-8H2;2*1-2H3. The predicted molar refractivity (Wildman–Crippen MR) is 80.1 cm³/mol. The third-order valence-corrected chi connectivity index (χ3v) is 3.03. The summed E-state index contributed by atoms with van der Waals surface area (Å²) in [6.45, 7) is 10.4. The van der Waals surface area contributed by atoms with E-state index in [-0.39, 0.29) is 0 Å². The molecule has 0 radical (unpaired) electrons. The molecule has 2 aliphatic rings. The Bertz CT molecular complexity index is 360. The van der Waals surface area contributed by atoms with Gasteiger partial charge in [-0.25, -0.2) is 0 Å². The topological polar surface area (TPSA) is 30.5 Å². The molecule has 3 heteroatoms. The molecule has 1 aromatic rings. The lowest BCUT2D eigenvalue weighted by Crippen LogP contribution is -2.19. The van der Waals surface area contributed by atoms with E-state index < -0.39 is 0 Å². The summed E-state index contributed by atoms with van der Waals surface area (Å²) in [5.41, 5.74) is 1.25. The maximum atomic E-state index is 5.70. The average Bonchev–Trinajstić information content (AvgIpc) is 3.05. The molecule has 0 bridgehead atoms. The highest BCUT2D eigenvalue weighted by Crippen LogP contribution is 2.39.